The number of carbonyl (C=O) groups is 1. The van der Waals surface area contributed by atoms with Crippen LogP contribution in [0, 0.1) is 0 Å². The van der Waals surface area contributed by atoms with Crippen molar-refractivity contribution in [1.29, 1.82) is 0 Å². The van der Waals surface area contributed by atoms with E-state index in [1.165, 1.54) is 12.1 Å². The van der Waals surface area contributed by atoms with Crippen LogP contribution >= 0.6 is 0 Å². The van der Waals surface area contributed by atoms with Crippen LogP contribution in [0.1, 0.15) is 15.9 Å². The van der Waals surface area contributed by atoms with Crippen LogP contribution in [0.15, 0.2) is 48.5 Å². The van der Waals surface area contributed by atoms with Crippen LogP contribution in [0.2, 0.25) is 0 Å². The highest BCUT2D eigenvalue weighted by Crippen LogP contribution is 2.24. The molecule has 1 amide bonds. The number of carbonyl (C=O) groups excluding carboxylic acids is 1. The number of rotatable bonds is 6. The van der Waals surface area contributed by atoms with Crippen molar-refractivity contribution in [3.8, 4) is 11.5 Å². The predicted molar refractivity (Wildman–Crippen MR) is 72.4 cm³/mol. The molecule has 0 fully saturated rings. The highest BCUT2D eigenvalue weighted by molar-refractivity contribution is 5.95. The maximum absolute atomic E-state index is 12.3. The highest BCUT2D eigenvalue weighted by atomic mass is 19.3. The fraction of sp³-hybridized carbons (Fsp3) is 0.133. The molecule has 4 nitrogen and oxygen atoms in total. The first-order chi connectivity index (χ1) is 10.1. The fourth-order valence-corrected chi connectivity index (χ4v) is 1.79. The molecule has 0 aliphatic carbocycles. The van der Waals surface area contributed by atoms with Gasteiger partial charge in [-0.3, -0.25) is 4.79 Å². The van der Waals surface area contributed by atoms with Crippen LogP contribution in [0.25, 0.3) is 0 Å². The van der Waals surface area contributed by atoms with E-state index in [0.717, 1.165) is 0 Å². The molecule has 0 aliphatic heterocycles. The minimum atomic E-state index is -2.91. The van der Waals surface area contributed by atoms with Gasteiger partial charge in [-0.25, -0.2) is 0 Å². The molecule has 2 aromatic rings. The van der Waals surface area contributed by atoms with Crippen molar-refractivity contribution in [2.75, 3.05) is 0 Å². The zero-order chi connectivity index (χ0) is 15.2. The van der Waals surface area contributed by atoms with Crippen molar-refractivity contribution in [2.45, 2.75) is 13.2 Å². The average molecular weight is 293 g/mol. The molecule has 0 aromatic heterocycles. The van der Waals surface area contributed by atoms with Gasteiger partial charge in [0, 0.05) is 5.56 Å². The van der Waals surface area contributed by atoms with Crippen molar-refractivity contribution in [3.05, 3.63) is 59.7 Å². The number of amides is 1. The van der Waals surface area contributed by atoms with E-state index < -0.39 is 12.5 Å². The Bertz CT molecular complexity index is 632. The average Bonchev–Trinajstić information content (AvgIpc) is 2.46. The van der Waals surface area contributed by atoms with Crippen LogP contribution < -0.4 is 15.2 Å². The maximum atomic E-state index is 12.3. The zero-order valence-electron chi connectivity index (χ0n) is 11.0. The van der Waals surface area contributed by atoms with Crippen molar-refractivity contribution in [2.24, 2.45) is 5.73 Å². The third kappa shape index (κ3) is 3.92. The first-order valence-corrected chi connectivity index (χ1v) is 6.12. The van der Waals surface area contributed by atoms with Gasteiger partial charge in [-0.2, -0.15) is 8.78 Å². The van der Waals surface area contributed by atoms with Gasteiger partial charge in [-0.1, -0.05) is 30.3 Å². The molecular formula is C15H13F2NO3. The summed E-state index contributed by atoms with van der Waals surface area (Å²) in [5.74, 6) is -0.302. The number of benzene rings is 2. The summed E-state index contributed by atoms with van der Waals surface area (Å²) in [5.41, 5.74) is 5.90. The van der Waals surface area contributed by atoms with Gasteiger partial charge in [0.05, 0.1) is 5.56 Å². The minimum Gasteiger partial charge on any atom is -0.488 e. The summed E-state index contributed by atoms with van der Waals surface area (Å²) in [4.78, 5) is 11.3. The smallest absolute Gasteiger partial charge is 0.387 e. The van der Waals surface area contributed by atoms with E-state index in [1.54, 1.807) is 36.4 Å². The molecule has 0 heterocycles. The standard InChI is InChI=1S/C15H13F2NO3/c16-15(17)21-12-7-3-1-5-10(12)9-20-13-8-4-2-6-11(13)14(18)19/h1-8,15H,9H2,(H2,18,19). The summed E-state index contributed by atoms with van der Waals surface area (Å²) in [5, 5.41) is 0. The molecule has 0 aliphatic rings. The molecule has 2 aromatic carbocycles. The lowest BCUT2D eigenvalue weighted by atomic mass is 10.2. The van der Waals surface area contributed by atoms with Crippen molar-refractivity contribution < 1.29 is 23.0 Å². The van der Waals surface area contributed by atoms with Gasteiger partial charge in [0.2, 0.25) is 0 Å². The number of primary amides is 1. The number of ether oxygens (including phenoxy) is 2. The Kier molecular flexibility index (Phi) is 4.71. The van der Waals surface area contributed by atoms with E-state index in [1.807, 2.05) is 0 Å². The first kappa shape index (κ1) is 14.8. The third-order valence-corrected chi connectivity index (χ3v) is 2.72. The summed E-state index contributed by atoms with van der Waals surface area (Å²) in [7, 11) is 0. The molecular weight excluding hydrogens is 280 g/mol. The lowest BCUT2D eigenvalue weighted by molar-refractivity contribution is -0.0508. The van der Waals surface area contributed by atoms with Crippen molar-refractivity contribution >= 4 is 5.91 Å². The molecule has 0 saturated heterocycles. The summed E-state index contributed by atoms with van der Waals surface area (Å²) >= 11 is 0. The van der Waals surface area contributed by atoms with E-state index in [9.17, 15) is 13.6 Å². The molecule has 0 atom stereocenters. The Morgan fingerprint density at radius 1 is 1.05 bits per heavy atom. The zero-order valence-corrected chi connectivity index (χ0v) is 11.0. The second kappa shape index (κ2) is 6.69. The van der Waals surface area contributed by atoms with Crippen molar-refractivity contribution in [1.82, 2.24) is 0 Å². The topological polar surface area (TPSA) is 61.6 Å². The number of alkyl halides is 2. The van der Waals surface area contributed by atoms with E-state index in [4.69, 9.17) is 10.5 Å². The number of para-hydroxylation sites is 2. The van der Waals surface area contributed by atoms with E-state index in [0.29, 0.717) is 5.56 Å². The third-order valence-electron chi connectivity index (χ3n) is 2.72. The van der Waals surface area contributed by atoms with Crippen LogP contribution in [0.4, 0.5) is 8.78 Å². The van der Waals surface area contributed by atoms with Gasteiger partial charge in [0.1, 0.15) is 18.1 Å². The van der Waals surface area contributed by atoms with Crippen molar-refractivity contribution in [3.63, 3.8) is 0 Å². The molecule has 0 spiro atoms. The number of halogens is 2. The molecule has 0 saturated carbocycles. The van der Waals surface area contributed by atoms with Crippen LogP contribution in [0.5, 0.6) is 11.5 Å². The van der Waals surface area contributed by atoms with Gasteiger partial charge in [0.15, 0.2) is 0 Å². The Balaban J connectivity index is 2.15. The monoisotopic (exact) mass is 293 g/mol. The normalized spacial score (nSPS) is 10.4. The molecule has 0 unspecified atom stereocenters. The summed E-state index contributed by atoms with van der Waals surface area (Å²) in [6.45, 7) is -2.93. The second-order valence-corrected chi connectivity index (χ2v) is 4.14. The van der Waals surface area contributed by atoms with Crippen LogP contribution in [-0.2, 0) is 6.61 Å². The molecule has 0 bridgehead atoms. The second-order valence-electron chi connectivity index (χ2n) is 4.14. The highest BCUT2D eigenvalue weighted by Gasteiger charge is 2.12. The molecule has 6 heteroatoms. The summed E-state index contributed by atoms with van der Waals surface area (Å²) in [6, 6.07) is 12.7. The van der Waals surface area contributed by atoms with Crippen LogP contribution in [0.3, 0.4) is 0 Å². The van der Waals surface area contributed by atoms with Gasteiger partial charge < -0.3 is 15.2 Å². The number of hydrogen-bond acceptors (Lipinski definition) is 3. The molecule has 110 valence electrons. The number of hydrogen-bond donors (Lipinski definition) is 1. The Morgan fingerprint density at radius 3 is 2.33 bits per heavy atom. The quantitative estimate of drug-likeness (QED) is 0.890. The first-order valence-electron chi connectivity index (χ1n) is 6.12. The molecule has 21 heavy (non-hydrogen) atoms. The number of nitrogens with two attached hydrogens (primary N) is 1. The maximum Gasteiger partial charge on any atom is 0.387 e. The van der Waals surface area contributed by atoms with E-state index in [-0.39, 0.29) is 23.7 Å². The Hall–Kier alpha value is -2.63. The van der Waals surface area contributed by atoms with Gasteiger partial charge in [-0.05, 0) is 18.2 Å². The largest absolute Gasteiger partial charge is 0.488 e. The minimum absolute atomic E-state index is 0.0206. The molecule has 2 rings (SSSR count). The van der Waals surface area contributed by atoms with Crippen LogP contribution in [-0.4, -0.2) is 12.5 Å². The lowest BCUT2D eigenvalue weighted by Crippen LogP contribution is -2.13. The van der Waals surface area contributed by atoms with Gasteiger partial charge >= 0.3 is 6.61 Å². The SMILES string of the molecule is NC(=O)c1ccccc1OCc1ccccc1OC(F)F. The molecule has 2 N–H and O–H groups in total. The Morgan fingerprint density at radius 2 is 1.67 bits per heavy atom. The summed E-state index contributed by atoms with van der Waals surface area (Å²) < 4.78 is 34.5. The van der Waals surface area contributed by atoms with Gasteiger partial charge in [-0.15, -0.1) is 0 Å². The lowest BCUT2D eigenvalue weighted by Gasteiger charge is -2.13. The summed E-state index contributed by atoms with van der Waals surface area (Å²) in [6.07, 6.45) is 0. The molecule has 0 radical (unpaired) electrons. The van der Waals surface area contributed by atoms with Gasteiger partial charge in [0.25, 0.3) is 5.91 Å². The predicted octanol–water partition coefficient (Wildman–Crippen LogP) is 2.97. The fourth-order valence-electron chi connectivity index (χ4n) is 1.79. The van der Waals surface area contributed by atoms with E-state index in [2.05, 4.69) is 4.74 Å². The Labute approximate surface area is 120 Å². The van der Waals surface area contributed by atoms with E-state index >= 15 is 0 Å².